The first kappa shape index (κ1) is 16.7. The molecule has 1 atom stereocenters. The van der Waals surface area contributed by atoms with Crippen molar-refractivity contribution in [3.05, 3.63) is 64.8 Å². The number of rotatable bonds is 3. The van der Waals surface area contributed by atoms with Crippen LogP contribution in [-0.4, -0.2) is 22.6 Å². The Morgan fingerprint density at radius 3 is 2.88 bits per heavy atom. The van der Waals surface area contributed by atoms with Gasteiger partial charge in [-0.05, 0) is 36.8 Å². The Labute approximate surface area is 154 Å². The van der Waals surface area contributed by atoms with Crippen molar-refractivity contribution < 1.29 is 13.7 Å². The minimum Gasteiger partial charge on any atom is -0.339 e. The van der Waals surface area contributed by atoms with Crippen molar-refractivity contribution >= 4 is 23.2 Å². The van der Waals surface area contributed by atoms with Gasteiger partial charge < -0.3 is 9.42 Å². The Hall–Kier alpha value is -2.73. The van der Waals surface area contributed by atoms with E-state index in [0.717, 1.165) is 5.56 Å². The molecule has 0 N–H and O–H groups in total. The summed E-state index contributed by atoms with van der Waals surface area (Å²) in [5.41, 5.74) is 1.83. The number of anilines is 1. The fraction of sp³-hybridized carbons (Fsp3) is 0.211. The lowest BCUT2D eigenvalue weighted by Gasteiger charge is -2.17. The summed E-state index contributed by atoms with van der Waals surface area (Å²) in [7, 11) is 0. The number of hydrogen-bond acceptors (Lipinski definition) is 4. The lowest BCUT2D eigenvalue weighted by molar-refractivity contribution is -0.117. The fourth-order valence-corrected chi connectivity index (χ4v) is 3.31. The van der Waals surface area contributed by atoms with Gasteiger partial charge in [0.05, 0.1) is 16.6 Å². The number of carbonyl (C=O) groups is 1. The Balaban J connectivity index is 1.60. The molecular weight excluding hydrogens is 357 g/mol. The number of nitrogens with zero attached hydrogens (tertiary/aromatic N) is 3. The molecule has 0 saturated carbocycles. The predicted octanol–water partition coefficient (Wildman–Crippen LogP) is 4.36. The second-order valence-corrected chi connectivity index (χ2v) is 6.70. The molecule has 3 aromatic rings. The van der Waals surface area contributed by atoms with E-state index in [0.29, 0.717) is 28.8 Å². The van der Waals surface area contributed by atoms with E-state index in [1.165, 1.54) is 11.0 Å². The molecule has 2 heterocycles. The summed E-state index contributed by atoms with van der Waals surface area (Å²) >= 11 is 6.16. The minimum absolute atomic E-state index is 0.169. The van der Waals surface area contributed by atoms with Crippen LogP contribution in [0.3, 0.4) is 0 Å². The number of carbonyl (C=O) groups excluding carboxylic acids is 1. The Morgan fingerprint density at radius 1 is 1.27 bits per heavy atom. The Bertz CT molecular complexity index is 988. The van der Waals surface area contributed by atoms with Crippen LogP contribution in [-0.2, 0) is 4.79 Å². The normalized spacial score (nSPS) is 17.1. The second kappa shape index (κ2) is 6.53. The van der Waals surface area contributed by atoms with Gasteiger partial charge in [-0.2, -0.15) is 4.98 Å². The van der Waals surface area contributed by atoms with E-state index in [-0.39, 0.29) is 23.9 Å². The van der Waals surface area contributed by atoms with Crippen molar-refractivity contribution in [1.82, 2.24) is 10.1 Å². The first-order valence-electron chi connectivity index (χ1n) is 8.18. The van der Waals surface area contributed by atoms with Crippen molar-refractivity contribution in [2.24, 2.45) is 0 Å². The lowest BCUT2D eigenvalue weighted by Crippen LogP contribution is -2.25. The zero-order valence-corrected chi connectivity index (χ0v) is 14.7. The summed E-state index contributed by atoms with van der Waals surface area (Å²) in [5.74, 6) is -0.155. The van der Waals surface area contributed by atoms with Crippen molar-refractivity contribution in [3.8, 4) is 11.4 Å². The molecule has 1 fully saturated rings. The molecule has 1 saturated heterocycles. The zero-order chi connectivity index (χ0) is 18.3. The average Bonchev–Trinajstić information content (AvgIpc) is 3.24. The number of amides is 1. The van der Waals surface area contributed by atoms with E-state index in [4.69, 9.17) is 16.1 Å². The molecule has 0 bridgehead atoms. The summed E-state index contributed by atoms with van der Waals surface area (Å²) in [6.07, 6.45) is 0.192. The summed E-state index contributed by atoms with van der Waals surface area (Å²) in [4.78, 5) is 18.2. The third-order valence-corrected chi connectivity index (χ3v) is 4.75. The average molecular weight is 372 g/mol. The molecule has 5 nitrogen and oxygen atoms in total. The molecule has 7 heteroatoms. The number of aromatic nitrogens is 2. The number of hydrogen-bond donors (Lipinski definition) is 0. The Morgan fingerprint density at radius 2 is 2.08 bits per heavy atom. The molecule has 1 amide bonds. The van der Waals surface area contributed by atoms with E-state index in [1.54, 1.807) is 24.3 Å². The maximum Gasteiger partial charge on any atom is 0.232 e. The molecule has 0 aliphatic carbocycles. The summed E-state index contributed by atoms with van der Waals surface area (Å²) in [6.45, 7) is 2.15. The van der Waals surface area contributed by atoms with Crippen LogP contribution >= 0.6 is 11.6 Å². The first-order valence-corrected chi connectivity index (χ1v) is 8.56. The quantitative estimate of drug-likeness (QED) is 0.686. The van der Waals surface area contributed by atoms with Crippen LogP contribution in [0.15, 0.2) is 47.0 Å². The van der Waals surface area contributed by atoms with Crippen LogP contribution in [0.4, 0.5) is 10.1 Å². The van der Waals surface area contributed by atoms with Gasteiger partial charge in [-0.15, -0.1) is 0 Å². The van der Waals surface area contributed by atoms with E-state index in [9.17, 15) is 9.18 Å². The maximum atomic E-state index is 14.1. The van der Waals surface area contributed by atoms with Crippen molar-refractivity contribution in [2.75, 3.05) is 11.4 Å². The van der Waals surface area contributed by atoms with Gasteiger partial charge in [0, 0.05) is 18.5 Å². The third-order valence-electron chi connectivity index (χ3n) is 4.42. The Kier molecular flexibility index (Phi) is 4.20. The van der Waals surface area contributed by atoms with Crippen molar-refractivity contribution in [3.63, 3.8) is 0 Å². The van der Waals surface area contributed by atoms with Crippen LogP contribution < -0.4 is 4.90 Å². The molecule has 1 aliphatic rings. The van der Waals surface area contributed by atoms with E-state index >= 15 is 0 Å². The van der Waals surface area contributed by atoms with Gasteiger partial charge in [-0.25, -0.2) is 4.39 Å². The highest BCUT2D eigenvalue weighted by Gasteiger charge is 2.36. The monoisotopic (exact) mass is 371 g/mol. The molecular formula is C19H15ClFN3O2. The third kappa shape index (κ3) is 2.97. The van der Waals surface area contributed by atoms with Crippen LogP contribution in [0.5, 0.6) is 0 Å². The smallest absolute Gasteiger partial charge is 0.232 e. The van der Waals surface area contributed by atoms with E-state index in [1.807, 2.05) is 19.1 Å². The largest absolute Gasteiger partial charge is 0.339 e. The van der Waals surface area contributed by atoms with E-state index in [2.05, 4.69) is 10.1 Å². The van der Waals surface area contributed by atoms with Gasteiger partial charge in [-0.3, -0.25) is 4.79 Å². The molecule has 4 rings (SSSR count). The standard InChI is InChI=1S/C19H15ClFN3O2/c1-11-6-7-15(21)16(8-11)24-10-12(9-17(24)25)19-22-18(23-26-19)13-4-2-3-5-14(13)20/h2-8,12H,9-10H2,1H3. The molecule has 1 aliphatic heterocycles. The van der Waals surface area contributed by atoms with Gasteiger partial charge in [0.25, 0.3) is 0 Å². The van der Waals surface area contributed by atoms with Crippen molar-refractivity contribution in [1.29, 1.82) is 0 Å². The van der Waals surface area contributed by atoms with Gasteiger partial charge in [-0.1, -0.05) is 35.0 Å². The topological polar surface area (TPSA) is 59.2 Å². The summed E-state index contributed by atoms with van der Waals surface area (Å²) in [6, 6.07) is 11.9. The SMILES string of the molecule is Cc1ccc(F)c(N2CC(c3nc(-c4ccccc4Cl)no3)CC2=O)c1. The second-order valence-electron chi connectivity index (χ2n) is 6.30. The highest BCUT2D eigenvalue weighted by Crippen LogP contribution is 2.34. The van der Waals surface area contributed by atoms with Gasteiger partial charge in [0.15, 0.2) is 0 Å². The van der Waals surface area contributed by atoms with Crippen LogP contribution in [0.2, 0.25) is 5.02 Å². The maximum absolute atomic E-state index is 14.1. The first-order chi connectivity index (χ1) is 12.5. The van der Waals surface area contributed by atoms with E-state index < -0.39 is 5.82 Å². The highest BCUT2D eigenvalue weighted by atomic mass is 35.5. The van der Waals surface area contributed by atoms with Crippen LogP contribution in [0.1, 0.15) is 23.8 Å². The van der Waals surface area contributed by atoms with Gasteiger partial charge in [0.2, 0.25) is 17.6 Å². The van der Waals surface area contributed by atoms with Gasteiger partial charge in [0.1, 0.15) is 5.82 Å². The zero-order valence-electron chi connectivity index (χ0n) is 13.9. The number of halogens is 2. The minimum atomic E-state index is -0.424. The summed E-state index contributed by atoms with van der Waals surface area (Å²) in [5, 5.41) is 4.49. The molecule has 132 valence electrons. The molecule has 0 spiro atoms. The van der Waals surface area contributed by atoms with Gasteiger partial charge >= 0.3 is 0 Å². The predicted molar refractivity (Wildman–Crippen MR) is 95.6 cm³/mol. The number of benzene rings is 2. The molecule has 26 heavy (non-hydrogen) atoms. The molecule has 1 aromatic heterocycles. The van der Waals surface area contributed by atoms with Crippen LogP contribution in [0.25, 0.3) is 11.4 Å². The molecule has 0 radical (unpaired) electrons. The van der Waals surface area contributed by atoms with Crippen LogP contribution in [0, 0.1) is 12.7 Å². The number of aryl methyl sites for hydroxylation is 1. The highest BCUT2D eigenvalue weighted by molar-refractivity contribution is 6.33. The lowest BCUT2D eigenvalue weighted by atomic mass is 10.1. The molecule has 1 unspecified atom stereocenters. The van der Waals surface area contributed by atoms with Crippen molar-refractivity contribution in [2.45, 2.75) is 19.3 Å². The molecule has 2 aromatic carbocycles. The summed E-state index contributed by atoms with van der Waals surface area (Å²) < 4.78 is 19.5. The fourth-order valence-electron chi connectivity index (χ4n) is 3.09.